The van der Waals surface area contributed by atoms with E-state index >= 15 is 0 Å². The molecule has 4 rings (SSSR count). The van der Waals surface area contributed by atoms with Crippen LogP contribution in [0, 0.1) is 0 Å². The Kier molecular flexibility index (Phi) is 3.16. The summed E-state index contributed by atoms with van der Waals surface area (Å²) in [6, 6.07) is 19.0. The van der Waals surface area contributed by atoms with Gasteiger partial charge in [0.1, 0.15) is 0 Å². The lowest BCUT2D eigenvalue weighted by atomic mass is 9.82. The van der Waals surface area contributed by atoms with Crippen molar-refractivity contribution in [2.24, 2.45) is 0 Å². The van der Waals surface area contributed by atoms with Gasteiger partial charge in [0.05, 0.1) is 5.52 Å². The van der Waals surface area contributed by atoms with E-state index in [0.717, 1.165) is 28.8 Å². The second-order valence-electron chi connectivity index (χ2n) is 5.78. The Bertz CT molecular complexity index is 795. The Morgan fingerprint density at radius 1 is 1.00 bits per heavy atom. The van der Waals surface area contributed by atoms with Gasteiger partial charge >= 0.3 is 0 Å². The lowest BCUT2D eigenvalue weighted by Gasteiger charge is -2.24. The van der Waals surface area contributed by atoms with Crippen LogP contribution >= 0.6 is 11.6 Å². The number of hydrogen-bond acceptors (Lipinski definition) is 1. The van der Waals surface area contributed by atoms with Crippen molar-refractivity contribution in [3.05, 3.63) is 76.4 Å². The van der Waals surface area contributed by atoms with Crippen molar-refractivity contribution < 1.29 is 0 Å². The molecule has 104 valence electrons. The zero-order valence-electron chi connectivity index (χ0n) is 11.7. The van der Waals surface area contributed by atoms with Crippen molar-refractivity contribution in [1.29, 1.82) is 0 Å². The average molecular weight is 294 g/mol. The molecule has 1 aliphatic carbocycles. The number of hydrogen-bond donors (Lipinski definition) is 0. The number of nitrogens with zero attached hydrogens (tertiary/aromatic N) is 1. The molecule has 2 heteroatoms. The average Bonchev–Trinajstić information content (AvgIpc) is 2.53. The number of rotatable bonds is 1. The SMILES string of the molecule is Clc1ccc2nc3c(cc2c1)CC(c1ccccc1)CC3. The molecular weight excluding hydrogens is 278 g/mol. The number of aryl methyl sites for hydroxylation is 1. The first-order chi connectivity index (χ1) is 10.3. The molecule has 0 bridgehead atoms. The summed E-state index contributed by atoms with van der Waals surface area (Å²) in [4.78, 5) is 4.83. The van der Waals surface area contributed by atoms with Crippen LogP contribution in [0.25, 0.3) is 10.9 Å². The number of benzene rings is 2. The minimum atomic E-state index is 0.608. The van der Waals surface area contributed by atoms with Crippen molar-refractivity contribution >= 4 is 22.5 Å². The lowest BCUT2D eigenvalue weighted by Crippen LogP contribution is -2.14. The van der Waals surface area contributed by atoms with E-state index in [9.17, 15) is 0 Å². The topological polar surface area (TPSA) is 12.9 Å². The molecule has 1 nitrogen and oxygen atoms in total. The van der Waals surface area contributed by atoms with Crippen molar-refractivity contribution in [2.45, 2.75) is 25.2 Å². The van der Waals surface area contributed by atoms with Crippen molar-refractivity contribution in [1.82, 2.24) is 4.98 Å². The van der Waals surface area contributed by atoms with Crippen LogP contribution in [0.5, 0.6) is 0 Å². The molecule has 0 fully saturated rings. The van der Waals surface area contributed by atoms with E-state index in [1.807, 2.05) is 18.2 Å². The maximum atomic E-state index is 6.10. The number of fused-ring (bicyclic) bond motifs is 2. The summed E-state index contributed by atoms with van der Waals surface area (Å²) in [6.45, 7) is 0. The van der Waals surface area contributed by atoms with E-state index in [2.05, 4.69) is 36.4 Å². The predicted molar refractivity (Wildman–Crippen MR) is 88.0 cm³/mol. The molecule has 21 heavy (non-hydrogen) atoms. The van der Waals surface area contributed by atoms with Crippen LogP contribution in [-0.2, 0) is 12.8 Å². The van der Waals surface area contributed by atoms with Gasteiger partial charge < -0.3 is 0 Å². The predicted octanol–water partition coefficient (Wildman–Crippen LogP) is 5.16. The fourth-order valence-electron chi connectivity index (χ4n) is 3.31. The molecule has 1 aromatic heterocycles. The van der Waals surface area contributed by atoms with E-state index < -0.39 is 0 Å². The van der Waals surface area contributed by atoms with Gasteiger partial charge in [-0.05, 0) is 60.6 Å². The molecule has 0 saturated heterocycles. The van der Waals surface area contributed by atoms with Crippen LogP contribution in [0.15, 0.2) is 54.6 Å². The third kappa shape index (κ3) is 2.43. The van der Waals surface area contributed by atoms with Crippen LogP contribution in [0.3, 0.4) is 0 Å². The van der Waals surface area contributed by atoms with Gasteiger partial charge in [-0.3, -0.25) is 4.98 Å². The van der Waals surface area contributed by atoms with Gasteiger partial charge in [0.2, 0.25) is 0 Å². The molecule has 0 aliphatic heterocycles. The van der Waals surface area contributed by atoms with Gasteiger partial charge in [0, 0.05) is 16.1 Å². The highest BCUT2D eigenvalue weighted by molar-refractivity contribution is 6.31. The molecule has 1 unspecified atom stereocenters. The molecule has 2 aromatic carbocycles. The first-order valence-corrected chi connectivity index (χ1v) is 7.80. The van der Waals surface area contributed by atoms with Crippen molar-refractivity contribution in [3.63, 3.8) is 0 Å². The first kappa shape index (κ1) is 12.8. The van der Waals surface area contributed by atoms with Gasteiger partial charge in [-0.25, -0.2) is 0 Å². The summed E-state index contributed by atoms with van der Waals surface area (Å²) in [7, 11) is 0. The monoisotopic (exact) mass is 293 g/mol. The first-order valence-electron chi connectivity index (χ1n) is 7.42. The smallest absolute Gasteiger partial charge is 0.0706 e. The van der Waals surface area contributed by atoms with Gasteiger partial charge in [0.15, 0.2) is 0 Å². The molecule has 0 spiro atoms. The summed E-state index contributed by atoms with van der Waals surface area (Å²) in [5.41, 5.74) is 5.13. The molecule has 0 amide bonds. The highest BCUT2D eigenvalue weighted by atomic mass is 35.5. The van der Waals surface area contributed by atoms with Gasteiger partial charge in [0.25, 0.3) is 0 Å². The standard InChI is InChI=1S/C19H16ClN/c20-17-7-9-19-16(12-17)11-15-10-14(6-8-18(15)21-19)13-4-2-1-3-5-13/h1-5,7,9,11-12,14H,6,8,10H2. The second kappa shape index (κ2) is 5.16. The van der Waals surface area contributed by atoms with E-state index in [-0.39, 0.29) is 0 Å². The molecule has 1 aliphatic rings. The summed E-state index contributed by atoms with van der Waals surface area (Å²) in [5.74, 6) is 0.608. The Morgan fingerprint density at radius 3 is 2.71 bits per heavy atom. The maximum Gasteiger partial charge on any atom is 0.0706 e. The zero-order valence-corrected chi connectivity index (χ0v) is 12.5. The van der Waals surface area contributed by atoms with Crippen LogP contribution in [0.4, 0.5) is 0 Å². The van der Waals surface area contributed by atoms with Crippen LogP contribution < -0.4 is 0 Å². The molecule has 0 saturated carbocycles. The van der Waals surface area contributed by atoms with Gasteiger partial charge in [-0.15, -0.1) is 0 Å². The Morgan fingerprint density at radius 2 is 1.86 bits per heavy atom. The molecule has 0 radical (unpaired) electrons. The van der Waals surface area contributed by atoms with E-state index in [1.54, 1.807) is 0 Å². The molecule has 0 N–H and O–H groups in total. The molecule has 3 aromatic rings. The number of halogens is 1. The van der Waals surface area contributed by atoms with Gasteiger partial charge in [-0.1, -0.05) is 41.9 Å². The third-order valence-electron chi connectivity index (χ3n) is 4.41. The maximum absolute atomic E-state index is 6.10. The van der Waals surface area contributed by atoms with Crippen LogP contribution in [-0.4, -0.2) is 4.98 Å². The van der Waals surface area contributed by atoms with Crippen molar-refractivity contribution in [2.75, 3.05) is 0 Å². The van der Waals surface area contributed by atoms with E-state index in [0.29, 0.717) is 5.92 Å². The highest BCUT2D eigenvalue weighted by Gasteiger charge is 2.21. The minimum absolute atomic E-state index is 0.608. The fourth-order valence-corrected chi connectivity index (χ4v) is 3.49. The van der Waals surface area contributed by atoms with Crippen LogP contribution in [0.2, 0.25) is 5.02 Å². The Hall–Kier alpha value is -1.86. The summed E-state index contributed by atoms with van der Waals surface area (Å²) >= 11 is 6.10. The van der Waals surface area contributed by atoms with Gasteiger partial charge in [-0.2, -0.15) is 0 Å². The summed E-state index contributed by atoms with van der Waals surface area (Å²) < 4.78 is 0. The number of pyridine rings is 1. The summed E-state index contributed by atoms with van der Waals surface area (Å²) in [6.07, 6.45) is 3.32. The zero-order chi connectivity index (χ0) is 14.2. The molecule has 1 atom stereocenters. The normalized spacial score (nSPS) is 17.7. The fraction of sp³-hybridized carbons (Fsp3) is 0.211. The Labute approximate surface area is 129 Å². The van der Waals surface area contributed by atoms with E-state index in [1.165, 1.54) is 23.2 Å². The number of aromatic nitrogens is 1. The largest absolute Gasteiger partial charge is 0.253 e. The Balaban J connectivity index is 1.74. The van der Waals surface area contributed by atoms with Crippen molar-refractivity contribution in [3.8, 4) is 0 Å². The summed E-state index contributed by atoms with van der Waals surface area (Å²) in [5, 5.41) is 1.93. The lowest BCUT2D eigenvalue weighted by molar-refractivity contribution is 0.576. The minimum Gasteiger partial charge on any atom is -0.253 e. The third-order valence-corrected chi connectivity index (χ3v) is 4.65. The van der Waals surface area contributed by atoms with Crippen LogP contribution in [0.1, 0.15) is 29.2 Å². The molecule has 1 heterocycles. The highest BCUT2D eigenvalue weighted by Crippen LogP contribution is 2.33. The second-order valence-corrected chi connectivity index (χ2v) is 6.22. The van der Waals surface area contributed by atoms with E-state index in [4.69, 9.17) is 16.6 Å². The quantitative estimate of drug-likeness (QED) is 0.604. The molecular formula is C19H16ClN.